The third kappa shape index (κ3) is 3.86. The molecule has 1 atom stereocenters. The zero-order valence-corrected chi connectivity index (χ0v) is 20.5. The fraction of sp³-hybridized carbons (Fsp3) is 0.304. The quantitative estimate of drug-likeness (QED) is 0.457. The third-order valence-electron chi connectivity index (χ3n) is 5.48. The maximum Gasteiger partial charge on any atom is -0.147 e. The Morgan fingerprint density at radius 1 is 0.963 bits per heavy atom. The number of fused-ring (bicyclic) bond motifs is 3. The van der Waals surface area contributed by atoms with E-state index in [2.05, 4.69) is 93.5 Å². The molecule has 0 fully saturated rings. The first kappa shape index (κ1) is 22.5. The molecule has 0 saturated carbocycles. The summed E-state index contributed by atoms with van der Waals surface area (Å²) in [6, 6.07) is 16.1. The summed E-state index contributed by atoms with van der Waals surface area (Å²) < 4.78 is 3.24. The molecule has 0 radical (unpaired) electrons. The third-order valence-corrected chi connectivity index (χ3v) is 14.3. The first-order valence-electron chi connectivity index (χ1n) is 9.22. The van der Waals surface area contributed by atoms with Gasteiger partial charge in [0.2, 0.25) is 0 Å². The Balaban J connectivity index is 0.00000131. The van der Waals surface area contributed by atoms with Crippen LogP contribution in [0, 0.1) is 0 Å². The molecule has 2 aliphatic rings. The van der Waals surface area contributed by atoms with Crippen LogP contribution in [0.15, 0.2) is 64.0 Å². The van der Waals surface area contributed by atoms with E-state index >= 15 is 0 Å². The smallest absolute Gasteiger partial charge is 0.147 e. The van der Waals surface area contributed by atoms with Crippen molar-refractivity contribution in [3.63, 3.8) is 0 Å². The molecule has 0 bridgehead atoms. The minimum absolute atomic E-state index is 0. The number of allylic oxidation sites excluding steroid dienone is 4. The Hall–Kier alpha value is -0.817. The molecule has 2 aromatic carbocycles. The summed E-state index contributed by atoms with van der Waals surface area (Å²) in [6.07, 6.45) is 8.24. The average molecular weight is 481 g/mol. The van der Waals surface area contributed by atoms with Gasteiger partial charge in [0.1, 0.15) is 0 Å². The molecule has 0 N–H and O–H groups in total. The van der Waals surface area contributed by atoms with Crippen molar-refractivity contribution in [3.05, 3.63) is 75.1 Å². The summed E-state index contributed by atoms with van der Waals surface area (Å²) in [5.41, 5.74) is 7.49. The van der Waals surface area contributed by atoms with E-state index < -0.39 is 21.8 Å². The van der Waals surface area contributed by atoms with Crippen molar-refractivity contribution < 1.29 is 21.8 Å². The fourth-order valence-electron chi connectivity index (χ4n) is 4.49. The van der Waals surface area contributed by atoms with Gasteiger partial charge >= 0.3 is 160 Å². The number of rotatable bonds is 4. The molecule has 0 aromatic heterocycles. The van der Waals surface area contributed by atoms with Crippen LogP contribution in [0.2, 0.25) is 3.63 Å². The van der Waals surface area contributed by atoms with Crippen molar-refractivity contribution in [2.45, 2.75) is 27.5 Å². The second-order valence-corrected chi connectivity index (χ2v) is 15.7. The first-order valence-corrected chi connectivity index (χ1v) is 13.3. The van der Waals surface area contributed by atoms with Gasteiger partial charge in [-0.3, -0.25) is 0 Å². The first-order chi connectivity index (χ1) is 12.1. The monoisotopic (exact) mass is 478 g/mol. The minimum atomic E-state index is -1.87. The number of halogens is 2. The van der Waals surface area contributed by atoms with E-state index in [-0.39, 0.29) is 24.8 Å². The Morgan fingerprint density at radius 3 is 2.30 bits per heavy atom. The second kappa shape index (κ2) is 9.12. The molecule has 0 saturated heterocycles. The summed E-state index contributed by atoms with van der Waals surface area (Å²) in [7, 11) is 4.33. The van der Waals surface area contributed by atoms with Gasteiger partial charge in [0.15, 0.2) is 0 Å². The molecule has 1 unspecified atom stereocenters. The van der Waals surface area contributed by atoms with Crippen molar-refractivity contribution in [1.29, 1.82) is 0 Å². The molecule has 0 heterocycles. The van der Waals surface area contributed by atoms with Crippen molar-refractivity contribution in [2.75, 3.05) is 19.0 Å². The summed E-state index contributed by atoms with van der Waals surface area (Å²) in [5.74, 6) is 0. The molecule has 143 valence electrons. The summed E-state index contributed by atoms with van der Waals surface area (Å²) in [4.78, 5) is 2.27. The molecular weight excluding hydrogens is 452 g/mol. The molecule has 1 nitrogen and oxygen atoms in total. The predicted molar refractivity (Wildman–Crippen MR) is 119 cm³/mol. The normalized spacial score (nSPS) is 16.2. The van der Waals surface area contributed by atoms with Crippen LogP contribution in [0.4, 0.5) is 5.69 Å². The van der Waals surface area contributed by atoms with Crippen LogP contribution in [-0.4, -0.2) is 14.1 Å². The van der Waals surface area contributed by atoms with Crippen LogP contribution in [0.25, 0.3) is 11.1 Å². The topological polar surface area (TPSA) is 3.24 Å². The molecule has 2 aromatic rings. The van der Waals surface area contributed by atoms with Gasteiger partial charge < -0.3 is 0 Å². The Labute approximate surface area is 184 Å². The molecule has 0 amide bonds. The van der Waals surface area contributed by atoms with E-state index in [0.717, 1.165) is 3.63 Å². The van der Waals surface area contributed by atoms with E-state index in [1.165, 1.54) is 23.2 Å². The molecular formula is C23H28Cl2NZr. The molecule has 4 rings (SSSR count). The molecule has 0 aliphatic heterocycles. The van der Waals surface area contributed by atoms with E-state index in [9.17, 15) is 0 Å². The van der Waals surface area contributed by atoms with Gasteiger partial charge in [-0.2, -0.15) is 0 Å². The zero-order valence-electron chi connectivity index (χ0n) is 16.4. The van der Waals surface area contributed by atoms with E-state index in [1.807, 2.05) is 0 Å². The van der Waals surface area contributed by atoms with Gasteiger partial charge in [-0.1, -0.05) is 0 Å². The van der Waals surface area contributed by atoms with Gasteiger partial charge in [0.05, 0.1) is 0 Å². The van der Waals surface area contributed by atoms with Crippen LogP contribution in [0.1, 0.15) is 35.0 Å². The largest absolute Gasteiger partial charge is 0.147 e. The van der Waals surface area contributed by atoms with Crippen molar-refractivity contribution >= 4 is 30.5 Å². The number of hydrogen-bond donors (Lipinski definition) is 0. The van der Waals surface area contributed by atoms with Crippen LogP contribution < -0.4 is 4.90 Å². The number of anilines is 1. The van der Waals surface area contributed by atoms with E-state index in [4.69, 9.17) is 0 Å². The number of nitrogens with zero attached hydrogens (tertiary/aromatic N) is 1. The van der Waals surface area contributed by atoms with E-state index in [0.29, 0.717) is 3.63 Å². The van der Waals surface area contributed by atoms with Crippen LogP contribution in [0.3, 0.4) is 0 Å². The second-order valence-electron chi connectivity index (χ2n) is 7.59. The average Bonchev–Trinajstić information content (AvgIpc) is 3.22. The van der Waals surface area contributed by atoms with Gasteiger partial charge in [-0.15, -0.1) is 24.8 Å². The van der Waals surface area contributed by atoms with Gasteiger partial charge in [0, 0.05) is 0 Å². The SMILES string of the molecule is C[CH](C)[Zr]([C]1=CC=CC1)[CH]1c2ccccc2-c2c1cccc2N(C)C.Cl.Cl. The van der Waals surface area contributed by atoms with Crippen LogP contribution in [0.5, 0.6) is 0 Å². The summed E-state index contributed by atoms with van der Waals surface area (Å²) in [5, 5.41) is 0. The summed E-state index contributed by atoms with van der Waals surface area (Å²) in [6.45, 7) is 4.93. The van der Waals surface area contributed by atoms with Crippen LogP contribution in [-0.2, 0) is 21.8 Å². The number of hydrogen-bond acceptors (Lipinski definition) is 1. The van der Waals surface area contributed by atoms with Crippen molar-refractivity contribution in [2.24, 2.45) is 0 Å². The van der Waals surface area contributed by atoms with Crippen molar-refractivity contribution in [1.82, 2.24) is 0 Å². The maximum atomic E-state index is 2.46. The van der Waals surface area contributed by atoms with Crippen molar-refractivity contribution in [3.8, 4) is 11.1 Å². The Bertz CT molecular complexity index is 870. The summed E-state index contributed by atoms with van der Waals surface area (Å²) >= 11 is -1.87. The molecule has 4 heteroatoms. The minimum Gasteiger partial charge on any atom is -0.147 e. The Morgan fingerprint density at radius 2 is 1.67 bits per heavy atom. The van der Waals surface area contributed by atoms with E-state index in [1.54, 1.807) is 14.4 Å². The zero-order chi connectivity index (χ0) is 17.6. The maximum absolute atomic E-state index is 2.46. The molecule has 27 heavy (non-hydrogen) atoms. The predicted octanol–water partition coefficient (Wildman–Crippen LogP) is 6.96. The molecule has 2 aliphatic carbocycles. The standard InChI is InChI=1S/C15H14N.C5H5.C3H7.2ClH.Zr/c1-16(2)14-9-5-7-12-10-11-6-3-4-8-13(11)15(12)14;1-2-4-5-3-1;1-3-2;;;/h3-10H,1-2H3;1-3H,4H2;3H,1-2H3;2*1H;. The van der Waals surface area contributed by atoms with Gasteiger partial charge in [0.25, 0.3) is 0 Å². The van der Waals surface area contributed by atoms with Gasteiger partial charge in [-0.05, 0) is 0 Å². The number of benzene rings is 2. The van der Waals surface area contributed by atoms with Gasteiger partial charge in [-0.25, -0.2) is 0 Å². The molecule has 0 spiro atoms. The Kier molecular flexibility index (Phi) is 7.59. The van der Waals surface area contributed by atoms with Crippen LogP contribution >= 0.6 is 24.8 Å². The fourth-order valence-corrected chi connectivity index (χ4v) is 13.3.